The van der Waals surface area contributed by atoms with Crippen LogP contribution in [-0.2, 0) is 0 Å². The SMILES string of the molecule is Cc1cc(C(=O)NC2(C#N)CCCCC2)nc(C)n1. The summed E-state index contributed by atoms with van der Waals surface area (Å²) in [7, 11) is 0. The van der Waals surface area contributed by atoms with Gasteiger partial charge in [0.1, 0.15) is 17.1 Å². The van der Waals surface area contributed by atoms with Crippen LogP contribution in [0.3, 0.4) is 0 Å². The second kappa shape index (κ2) is 5.35. The van der Waals surface area contributed by atoms with Crippen molar-refractivity contribution in [2.24, 2.45) is 0 Å². The molecule has 1 aliphatic carbocycles. The van der Waals surface area contributed by atoms with Gasteiger partial charge in [-0.3, -0.25) is 4.79 Å². The van der Waals surface area contributed by atoms with Gasteiger partial charge in [-0.15, -0.1) is 0 Å². The number of amides is 1. The van der Waals surface area contributed by atoms with Crippen LogP contribution >= 0.6 is 0 Å². The highest BCUT2D eigenvalue weighted by atomic mass is 16.2. The van der Waals surface area contributed by atoms with E-state index in [9.17, 15) is 10.1 Å². The molecule has 5 heteroatoms. The highest BCUT2D eigenvalue weighted by Gasteiger charge is 2.34. The summed E-state index contributed by atoms with van der Waals surface area (Å²) in [6.45, 7) is 3.58. The molecule has 1 fully saturated rings. The third kappa shape index (κ3) is 3.08. The molecule has 19 heavy (non-hydrogen) atoms. The van der Waals surface area contributed by atoms with E-state index in [0.29, 0.717) is 11.5 Å². The van der Waals surface area contributed by atoms with Crippen LogP contribution in [0.2, 0.25) is 0 Å². The third-order valence-corrected chi connectivity index (χ3v) is 3.47. The normalized spacial score (nSPS) is 17.5. The fourth-order valence-electron chi connectivity index (χ4n) is 2.53. The van der Waals surface area contributed by atoms with Gasteiger partial charge < -0.3 is 5.32 Å². The number of nitrogens with zero attached hydrogens (tertiary/aromatic N) is 3. The Kier molecular flexibility index (Phi) is 3.79. The molecule has 1 aromatic rings. The van der Waals surface area contributed by atoms with Crippen LogP contribution < -0.4 is 5.32 Å². The second-order valence-corrected chi connectivity index (χ2v) is 5.15. The maximum Gasteiger partial charge on any atom is 0.271 e. The van der Waals surface area contributed by atoms with Crippen molar-refractivity contribution in [3.05, 3.63) is 23.3 Å². The number of hydrogen-bond donors (Lipinski definition) is 1. The molecule has 100 valence electrons. The molecule has 0 aliphatic heterocycles. The predicted octanol–water partition coefficient (Wildman–Crippen LogP) is 2.05. The molecule has 0 spiro atoms. The van der Waals surface area contributed by atoms with E-state index in [-0.39, 0.29) is 5.91 Å². The lowest BCUT2D eigenvalue weighted by Gasteiger charge is -2.31. The van der Waals surface area contributed by atoms with Gasteiger partial charge in [0.05, 0.1) is 6.07 Å². The number of aromatic nitrogens is 2. The van der Waals surface area contributed by atoms with Crippen molar-refractivity contribution in [3.8, 4) is 6.07 Å². The minimum Gasteiger partial charge on any atom is -0.332 e. The summed E-state index contributed by atoms with van der Waals surface area (Å²) < 4.78 is 0. The van der Waals surface area contributed by atoms with Gasteiger partial charge in [0, 0.05) is 5.69 Å². The Bertz CT molecular complexity index is 506. The summed E-state index contributed by atoms with van der Waals surface area (Å²) in [4.78, 5) is 20.5. The predicted molar refractivity (Wildman–Crippen MR) is 70.4 cm³/mol. The van der Waals surface area contributed by atoms with E-state index < -0.39 is 5.54 Å². The van der Waals surface area contributed by atoms with E-state index in [1.807, 2.05) is 6.92 Å². The molecule has 1 aromatic heterocycles. The van der Waals surface area contributed by atoms with Gasteiger partial charge in [0.2, 0.25) is 0 Å². The first-order valence-electron chi connectivity index (χ1n) is 6.61. The summed E-state index contributed by atoms with van der Waals surface area (Å²) in [5.41, 5.74) is 0.375. The molecule has 0 saturated heterocycles. The van der Waals surface area contributed by atoms with Crippen LogP contribution in [0.15, 0.2) is 6.07 Å². The molecular formula is C14H18N4O. The van der Waals surface area contributed by atoms with Crippen LogP contribution in [-0.4, -0.2) is 21.4 Å². The highest BCUT2D eigenvalue weighted by molar-refractivity contribution is 5.93. The first kappa shape index (κ1) is 13.5. The molecule has 1 aliphatic rings. The van der Waals surface area contributed by atoms with Crippen molar-refractivity contribution in [2.75, 3.05) is 0 Å². The number of nitrogens with one attached hydrogen (secondary N) is 1. The molecule has 1 saturated carbocycles. The molecule has 0 aromatic carbocycles. The van der Waals surface area contributed by atoms with E-state index in [1.54, 1.807) is 13.0 Å². The van der Waals surface area contributed by atoms with Gasteiger partial charge in [0.15, 0.2) is 0 Å². The Morgan fingerprint density at radius 2 is 2.00 bits per heavy atom. The van der Waals surface area contributed by atoms with Crippen molar-refractivity contribution in [1.29, 1.82) is 5.26 Å². The second-order valence-electron chi connectivity index (χ2n) is 5.15. The number of carbonyl (C=O) groups is 1. The van der Waals surface area contributed by atoms with E-state index in [2.05, 4.69) is 21.4 Å². The number of hydrogen-bond acceptors (Lipinski definition) is 4. The van der Waals surface area contributed by atoms with Crippen molar-refractivity contribution in [3.63, 3.8) is 0 Å². The van der Waals surface area contributed by atoms with Crippen LogP contribution in [0.25, 0.3) is 0 Å². The number of aryl methyl sites for hydroxylation is 2. The lowest BCUT2D eigenvalue weighted by molar-refractivity contribution is 0.0897. The van der Waals surface area contributed by atoms with Gasteiger partial charge in [-0.1, -0.05) is 19.3 Å². The molecule has 1 amide bonds. The molecule has 0 unspecified atom stereocenters. The maximum absolute atomic E-state index is 12.2. The molecule has 1 heterocycles. The monoisotopic (exact) mass is 258 g/mol. The van der Waals surface area contributed by atoms with E-state index in [1.165, 1.54) is 0 Å². The quantitative estimate of drug-likeness (QED) is 0.880. The van der Waals surface area contributed by atoms with Gasteiger partial charge in [-0.25, -0.2) is 9.97 Å². The average molecular weight is 258 g/mol. The fraction of sp³-hybridized carbons (Fsp3) is 0.571. The molecule has 0 bridgehead atoms. The van der Waals surface area contributed by atoms with E-state index in [0.717, 1.165) is 37.8 Å². The number of nitriles is 1. The Morgan fingerprint density at radius 3 is 2.58 bits per heavy atom. The minimum atomic E-state index is -0.720. The first-order valence-corrected chi connectivity index (χ1v) is 6.61. The van der Waals surface area contributed by atoms with E-state index >= 15 is 0 Å². The van der Waals surface area contributed by atoms with Crippen molar-refractivity contribution < 1.29 is 4.79 Å². The maximum atomic E-state index is 12.2. The minimum absolute atomic E-state index is 0.281. The molecule has 0 radical (unpaired) electrons. The smallest absolute Gasteiger partial charge is 0.271 e. The molecule has 2 rings (SSSR count). The van der Waals surface area contributed by atoms with Gasteiger partial charge in [-0.2, -0.15) is 5.26 Å². The summed E-state index contributed by atoms with van der Waals surface area (Å²) >= 11 is 0. The standard InChI is InChI=1S/C14H18N4O/c1-10-8-12(17-11(2)16-10)13(19)18-14(9-15)6-4-3-5-7-14/h8H,3-7H2,1-2H3,(H,18,19). The Balaban J connectivity index is 2.18. The summed E-state index contributed by atoms with van der Waals surface area (Å²) in [5, 5.41) is 12.2. The zero-order valence-corrected chi connectivity index (χ0v) is 11.4. The summed E-state index contributed by atoms with van der Waals surface area (Å²) in [6.07, 6.45) is 4.53. The Hall–Kier alpha value is -1.96. The van der Waals surface area contributed by atoms with Gasteiger partial charge >= 0.3 is 0 Å². The third-order valence-electron chi connectivity index (χ3n) is 3.47. The van der Waals surface area contributed by atoms with Crippen LogP contribution in [0, 0.1) is 25.2 Å². The molecule has 0 atom stereocenters. The lowest BCUT2D eigenvalue weighted by Crippen LogP contribution is -2.48. The topological polar surface area (TPSA) is 78.7 Å². The molecule has 1 N–H and O–H groups in total. The Morgan fingerprint density at radius 1 is 1.32 bits per heavy atom. The molecule has 5 nitrogen and oxygen atoms in total. The highest BCUT2D eigenvalue weighted by Crippen LogP contribution is 2.27. The van der Waals surface area contributed by atoms with Crippen LogP contribution in [0.1, 0.15) is 54.1 Å². The van der Waals surface area contributed by atoms with Gasteiger partial charge in [-0.05, 0) is 32.8 Å². The van der Waals surface area contributed by atoms with Crippen LogP contribution in [0.4, 0.5) is 0 Å². The number of rotatable bonds is 2. The van der Waals surface area contributed by atoms with Crippen molar-refractivity contribution in [2.45, 2.75) is 51.5 Å². The summed E-state index contributed by atoms with van der Waals surface area (Å²) in [6, 6.07) is 3.92. The lowest BCUT2D eigenvalue weighted by atomic mass is 9.83. The summed E-state index contributed by atoms with van der Waals surface area (Å²) in [5.74, 6) is 0.289. The van der Waals surface area contributed by atoms with Crippen molar-refractivity contribution in [1.82, 2.24) is 15.3 Å². The first-order chi connectivity index (χ1) is 9.04. The zero-order chi connectivity index (χ0) is 13.9. The van der Waals surface area contributed by atoms with E-state index in [4.69, 9.17) is 0 Å². The largest absolute Gasteiger partial charge is 0.332 e. The Labute approximate surface area is 113 Å². The zero-order valence-electron chi connectivity index (χ0n) is 11.4. The number of carbonyl (C=O) groups excluding carboxylic acids is 1. The fourth-order valence-corrected chi connectivity index (χ4v) is 2.53. The average Bonchev–Trinajstić information content (AvgIpc) is 2.38. The van der Waals surface area contributed by atoms with Gasteiger partial charge in [0.25, 0.3) is 5.91 Å². The van der Waals surface area contributed by atoms with Crippen molar-refractivity contribution >= 4 is 5.91 Å². The molecular weight excluding hydrogens is 240 g/mol. The van der Waals surface area contributed by atoms with Crippen LogP contribution in [0.5, 0.6) is 0 Å².